The van der Waals surface area contributed by atoms with Gasteiger partial charge in [-0.15, -0.1) is 0 Å². The molecule has 3 saturated heterocycles. The molecule has 0 aliphatic carbocycles. The zero-order valence-corrected chi connectivity index (χ0v) is 19.1. The molecule has 4 rings (SSSR count). The number of hydrogen-bond acceptors (Lipinski definition) is 6. The Morgan fingerprint density at radius 3 is 2.20 bits per heavy atom. The van der Waals surface area contributed by atoms with Gasteiger partial charge >= 0.3 is 0 Å². The molecule has 0 radical (unpaired) electrons. The molecule has 0 atom stereocenters. The maximum Gasteiger partial charge on any atom is 0.229 e. The average molecular weight is 436 g/mol. The SMILES string of the molecule is CC(C)CS(=O)(=O)N1CCC2(CC1)CC1(CCN(c3ncccn3)CC1)C(=O)N2C. The van der Waals surface area contributed by atoms with Gasteiger partial charge in [-0.1, -0.05) is 13.8 Å². The maximum absolute atomic E-state index is 13.4. The highest BCUT2D eigenvalue weighted by molar-refractivity contribution is 7.89. The minimum absolute atomic E-state index is 0.115. The summed E-state index contributed by atoms with van der Waals surface area (Å²) < 4.78 is 26.9. The summed E-state index contributed by atoms with van der Waals surface area (Å²) in [6, 6.07) is 1.81. The number of likely N-dealkylation sites (tertiary alicyclic amines) is 1. The quantitative estimate of drug-likeness (QED) is 0.716. The molecule has 9 heteroatoms. The number of amides is 1. The Bertz CT molecular complexity index is 873. The number of sulfonamides is 1. The summed E-state index contributed by atoms with van der Waals surface area (Å²) in [5.74, 6) is 1.26. The van der Waals surface area contributed by atoms with E-state index in [1.54, 1.807) is 16.7 Å². The van der Waals surface area contributed by atoms with E-state index >= 15 is 0 Å². The summed E-state index contributed by atoms with van der Waals surface area (Å²) in [5, 5.41) is 0. The Morgan fingerprint density at radius 2 is 1.63 bits per heavy atom. The van der Waals surface area contributed by atoms with Crippen molar-refractivity contribution >= 4 is 21.9 Å². The van der Waals surface area contributed by atoms with Gasteiger partial charge < -0.3 is 9.80 Å². The fraction of sp³-hybridized carbons (Fsp3) is 0.762. The summed E-state index contributed by atoms with van der Waals surface area (Å²) >= 11 is 0. The average Bonchev–Trinajstić information content (AvgIpc) is 2.90. The fourth-order valence-corrected chi connectivity index (χ4v) is 7.39. The summed E-state index contributed by atoms with van der Waals surface area (Å²) in [7, 11) is -1.30. The number of carbonyl (C=O) groups excluding carboxylic acids is 1. The molecule has 3 aliphatic rings. The van der Waals surface area contributed by atoms with E-state index in [-0.39, 0.29) is 28.5 Å². The van der Waals surface area contributed by atoms with E-state index in [4.69, 9.17) is 0 Å². The Morgan fingerprint density at radius 1 is 1.03 bits per heavy atom. The third-order valence-electron chi connectivity index (χ3n) is 7.28. The first-order chi connectivity index (χ1) is 14.2. The van der Waals surface area contributed by atoms with E-state index in [1.807, 2.05) is 31.9 Å². The van der Waals surface area contributed by atoms with E-state index in [1.165, 1.54) is 0 Å². The van der Waals surface area contributed by atoms with Crippen LogP contribution in [0.1, 0.15) is 46.0 Å². The highest BCUT2D eigenvalue weighted by atomic mass is 32.2. The van der Waals surface area contributed by atoms with Crippen LogP contribution in [0.5, 0.6) is 0 Å². The highest BCUT2D eigenvalue weighted by Gasteiger charge is 2.59. The normalized spacial score (nSPS) is 24.3. The molecule has 1 aromatic heterocycles. The first-order valence-corrected chi connectivity index (χ1v) is 12.6. The molecule has 0 N–H and O–H groups in total. The molecule has 0 aromatic carbocycles. The van der Waals surface area contributed by atoms with Crippen molar-refractivity contribution in [1.29, 1.82) is 0 Å². The van der Waals surface area contributed by atoms with Gasteiger partial charge in [0.2, 0.25) is 21.9 Å². The number of piperidine rings is 2. The lowest BCUT2D eigenvalue weighted by molar-refractivity contribution is -0.138. The van der Waals surface area contributed by atoms with Gasteiger partial charge in [0.15, 0.2) is 0 Å². The van der Waals surface area contributed by atoms with Crippen molar-refractivity contribution in [3.63, 3.8) is 0 Å². The van der Waals surface area contributed by atoms with Gasteiger partial charge in [0.25, 0.3) is 0 Å². The zero-order valence-electron chi connectivity index (χ0n) is 18.2. The van der Waals surface area contributed by atoms with E-state index in [0.29, 0.717) is 13.1 Å². The Balaban J connectivity index is 1.44. The standard InChI is InChI=1S/C21H33N5O3S/c1-17(2)15-30(28,29)26-13-7-21(8-14-26)16-20(18(27)24(21)3)5-11-25(12-6-20)19-22-9-4-10-23-19/h4,9-10,17H,5-8,11-16H2,1-3H3. The number of rotatable bonds is 4. The van der Waals surface area contributed by atoms with Crippen LogP contribution < -0.4 is 4.90 Å². The molecule has 4 heterocycles. The molecular formula is C21H33N5O3S. The van der Waals surface area contributed by atoms with Crippen LogP contribution in [-0.2, 0) is 14.8 Å². The minimum Gasteiger partial charge on any atom is -0.341 e. The second kappa shape index (κ2) is 7.75. The molecule has 3 fully saturated rings. The zero-order chi connectivity index (χ0) is 21.6. The van der Waals surface area contributed by atoms with Crippen molar-refractivity contribution in [2.75, 3.05) is 43.9 Å². The lowest BCUT2D eigenvalue weighted by atomic mass is 9.71. The van der Waals surface area contributed by atoms with Crippen molar-refractivity contribution < 1.29 is 13.2 Å². The number of aromatic nitrogens is 2. The molecule has 1 amide bonds. The van der Waals surface area contributed by atoms with Crippen molar-refractivity contribution in [2.24, 2.45) is 11.3 Å². The summed E-state index contributed by atoms with van der Waals surface area (Å²) in [6.45, 7) is 6.43. The Kier molecular flexibility index (Phi) is 5.55. The first-order valence-electron chi connectivity index (χ1n) is 11.0. The lowest BCUT2D eigenvalue weighted by Crippen LogP contribution is -2.53. The molecule has 0 saturated carbocycles. The van der Waals surface area contributed by atoms with Gasteiger partial charge in [-0.05, 0) is 44.1 Å². The Hall–Kier alpha value is -1.74. The van der Waals surface area contributed by atoms with Gasteiger partial charge in [-0.2, -0.15) is 0 Å². The van der Waals surface area contributed by atoms with Crippen molar-refractivity contribution in [3.05, 3.63) is 18.5 Å². The van der Waals surface area contributed by atoms with E-state index < -0.39 is 10.0 Å². The van der Waals surface area contributed by atoms with Crippen molar-refractivity contribution in [2.45, 2.75) is 51.5 Å². The fourth-order valence-electron chi connectivity index (χ4n) is 5.59. The van der Waals surface area contributed by atoms with Gasteiger partial charge in [0.1, 0.15) is 0 Å². The molecule has 2 spiro atoms. The summed E-state index contributed by atoms with van der Waals surface area (Å²) in [6.07, 6.45) is 7.36. The largest absolute Gasteiger partial charge is 0.341 e. The Labute approximate surface area is 179 Å². The van der Waals surface area contributed by atoms with Crippen LogP contribution in [0.3, 0.4) is 0 Å². The first kappa shape index (κ1) is 21.5. The van der Waals surface area contributed by atoms with Crippen molar-refractivity contribution in [1.82, 2.24) is 19.2 Å². The second-order valence-corrected chi connectivity index (χ2v) is 11.7. The molecule has 0 bridgehead atoms. The maximum atomic E-state index is 13.4. The molecule has 3 aliphatic heterocycles. The van der Waals surface area contributed by atoms with Gasteiger partial charge in [-0.3, -0.25) is 4.79 Å². The molecule has 0 unspecified atom stereocenters. The molecule has 166 valence electrons. The number of carbonyl (C=O) groups is 1. The highest BCUT2D eigenvalue weighted by Crippen LogP contribution is 2.52. The third kappa shape index (κ3) is 3.70. The molecular weight excluding hydrogens is 402 g/mol. The van der Waals surface area contributed by atoms with Crippen molar-refractivity contribution in [3.8, 4) is 0 Å². The third-order valence-corrected chi connectivity index (χ3v) is 9.52. The number of nitrogens with zero attached hydrogens (tertiary/aromatic N) is 5. The van der Waals surface area contributed by atoms with Crippen LogP contribution >= 0.6 is 0 Å². The molecule has 1 aromatic rings. The number of anilines is 1. The van der Waals surface area contributed by atoms with Gasteiger partial charge in [-0.25, -0.2) is 22.7 Å². The summed E-state index contributed by atoms with van der Waals surface area (Å²) in [5.41, 5.74) is -0.550. The van der Waals surface area contributed by atoms with E-state index in [2.05, 4.69) is 14.9 Å². The second-order valence-electron chi connectivity index (χ2n) is 9.65. The minimum atomic E-state index is -3.22. The predicted octanol–water partition coefficient (Wildman–Crippen LogP) is 1.75. The van der Waals surface area contributed by atoms with Crippen LogP contribution in [0.2, 0.25) is 0 Å². The van der Waals surface area contributed by atoms with E-state index in [9.17, 15) is 13.2 Å². The number of hydrogen-bond donors (Lipinski definition) is 0. The van der Waals surface area contributed by atoms with Crippen LogP contribution in [0.4, 0.5) is 5.95 Å². The van der Waals surface area contributed by atoms with E-state index in [0.717, 1.165) is 51.1 Å². The van der Waals surface area contributed by atoms with Gasteiger partial charge in [0, 0.05) is 51.2 Å². The van der Waals surface area contributed by atoms with Gasteiger partial charge in [0.05, 0.1) is 11.2 Å². The van der Waals surface area contributed by atoms with Crippen LogP contribution in [0.15, 0.2) is 18.5 Å². The predicted molar refractivity (Wildman–Crippen MR) is 115 cm³/mol. The van der Waals surface area contributed by atoms with Crippen LogP contribution in [-0.4, -0.2) is 78.0 Å². The van der Waals surface area contributed by atoms with Crippen LogP contribution in [0.25, 0.3) is 0 Å². The molecule has 8 nitrogen and oxygen atoms in total. The summed E-state index contributed by atoms with van der Waals surface area (Å²) in [4.78, 5) is 26.2. The monoisotopic (exact) mass is 435 g/mol. The smallest absolute Gasteiger partial charge is 0.229 e. The lowest BCUT2D eigenvalue weighted by Gasteiger charge is -2.43. The van der Waals surface area contributed by atoms with Crippen LogP contribution in [0, 0.1) is 11.3 Å². The molecule has 30 heavy (non-hydrogen) atoms. The topological polar surface area (TPSA) is 86.7 Å².